The van der Waals surface area contributed by atoms with E-state index in [-0.39, 0.29) is 23.5 Å². The van der Waals surface area contributed by atoms with Crippen LogP contribution in [0.5, 0.6) is 0 Å². The Kier molecular flexibility index (Phi) is 14.9. The Bertz CT molecular complexity index is 1250. The van der Waals surface area contributed by atoms with Crippen LogP contribution in [0.1, 0.15) is 108 Å². The van der Waals surface area contributed by atoms with Crippen molar-refractivity contribution in [2.75, 3.05) is 13.1 Å². The largest absolute Gasteiger partial charge is 0.343 e. The molecule has 1 saturated heterocycles. The smallest absolute Gasteiger partial charge is 0.245 e. The molecule has 1 radical (unpaired) electrons. The SMILES string of the molecule is NCCCC[C@H](NC(=O)[C@@H](N)Cc1ccccc1)C(=O)N1CCC[C@H]1C(=O)C(C1CCCCC1)[C@](N)([C]=O)C(=O)[C@H](N)CC1CCCCC1. The van der Waals surface area contributed by atoms with Crippen molar-refractivity contribution in [2.45, 2.75) is 139 Å². The molecule has 1 aromatic carbocycles. The van der Waals surface area contributed by atoms with Crippen LogP contribution in [0.25, 0.3) is 0 Å². The lowest BCUT2D eigenvalue weighted by molar-refractivity contribution is -0.145. The number of carbonyl (C=O) groups excluding carboxylic acids is 5. The first-order valence-electron chi connectivity index (χ1n) is 18.7. The molecule has 1 heterocycles. The quantitative estimate of drug-likeness (QED) is 0.114. The van der Waals surface area contributed by atoms with Crippen molar-refractivity contribution in [3.63, 3.8) is 0 Å². The van der Waals surface area contributed by atoms with Crippen LogP contribution in [0, 0.1) is 17.8 Å². The van der Waals surface area contributed by atoms with E-state index in [0.29, 0.717) is 70.9 Å². The third-order valence-corrected chi connectivity index (χ3v) is 11.2. The number of nitrogens with zero attached hydrogens (tertiary/aromatic N) is 1. The van der Waals surface area contributed by atoms with E-state index in [1.165, 1.54) is 4.90 Å². The van der Waals surface area contributed by atoms with Gasteiger partial charge in [0.15, 0.2) is 17.1 Å². The summed E-state index contributed by atoms with van der Waals surface area (Å²) < 4.78 is 0. The van der Waals surface area contributed by atoms with Crippen molar-refractivity contribution in [1.29, 1.82) is 0 Å². The van der Waals surface area contributed by atoms with Crippen LogP contribution in [-0.4, -0.2) is 77.4 Å². The molecule has 2 aliphatic carbocycles. The Morgan fingerprint density at radius 2 is 1.53 bits per heavy atom. The summed E-state index contributed by atoms with van der Waals surface area (Å²) in [5, 5.41) is 2.87. The second-order valence-corrected chi connectivity index (χ2v) is 14.8. The number of unbranched alkanes of at least 4 members (excludes halogenated alkanes) is 1. The molecule has 1 aromatic rings. The lowest BCUT2D eigenvalue weighted by Gasteiger charge is -2.41. The zero-order valence-corrected chi connectivity index (χ0v) is 29.2. The number of nitrogens with one attached hydrogen (secondary N) is 1. The van der Waals surface area contributed by atoms with Crippen LogP contribution in [0.4, 0.5) is 0 Å². The Morgan fingerprint density at radius 1 is 0.878 bits per heavy atom. The standard InChI is InChI=1S/C38H59N6O5/c39-21-11-10-19-31(43-36(48)30(41)24-27-15-6-2-7-16-27)37(49)44-22-12-20-32(44)34(46)33(28-17-8-3-9-18-28)38(42,25-45)35(47)29(40)23-26-13-4-1-5-14-26/h2,6-7,15-16,26,28-33H,1,3-5,8-14,17-24,39-42H2,(H,43,48)/t29-,30+,31+,32+,33?,38-/m1/s1. The minimum Gasteiger partial charge on any atom is -0.343 e. The number of likely N-dealkylation sites (tertiary alicyclic amines) is 1. The van der Waals surface area contributed by atoms with E-state index in [4.69, 9.17) is 22.9 Å². The van der Waals surface area contributed by atoms with Crippen LogP contribution >= 0.6 is 0 Å². The van der Waals surface area contributed by atoms with Gasteiger partial charge in [0.05, 0.1) is 24.0 Å². The van der Waals surface area contributed by atoms with Gasteiger partial charge in [0, 0.05) is 6.54 Å². The molecule has 2 saturated carbocycles. The summed E-state index contributed by atoms with van der Waals surface area (Å²) in [5.74, 6) is -3.01. The summed E-state index contributed by atoms with van der Waals surface area (Å²) in [6.07, 6.45) is 14.4. The zero-order valence-electron chi connectivity index (χ0n) is 29.2. The van der Waals surface area contributed by atoms with Gasteiger partial charge in [0.2, 0.25) is 18.1 Å². The normalized spacial score (nSPS) is 22.8. The first-order chi connectivity index (χ1) is 23.6. The predicted molar refractivity (Wildman–Crippen MR) is 190 cm³/mol. The number of Topliss-reactive ketones (excluding diaryl/α,β-unsaturated/α-hetero) is 2. The highest BCUT2D eigenvalue weighted by Crippen LogP contribution is 2.39. The maximum Gasteiger partial charge on any atom is 0.245 e. The van der Waals surface area contributed by atoms with Crippen molar-refractivity contribution in [3.05, 3.63) is 35.9 Å². The molecule has 3 fully saturated rings. The molecule has 11 heteroatoms. The van der Waals surface area contributed by atoms with Gasteiger partial charge in [-0.3, -0.25) is 24.0 Å². The molecule has 0 bridgehead atoms. The minimum atomic E-state index is -2.20. The van der Waals surface area contributed by atoms with Crippen LogP contribution < -0.4 is 28.3 Å². The maximum atomic E-state index is 14.7. The average Bonchev–Trinajstić information content (AvgIpc) is 3.62. The van der Waals surface area contributed by atoms with Gasteiger partial charge in [-0.1, -0.05) is 81.7 Å². The van der Waals surface area contributed by atoms with Gasteiger partial charge in [0.1, 0.15) is 6.04 Å². The molecule has 271 valence electrons. The van der Waals surface area contributed by atoms with Gasteiger partial charge in [-0.05, 0) is 81.7 Å². The summed E-state index contributed by atoms with van der Waals surface area (Å²) in [7, 11) is 0. The van der Waals surface area contributed by atoms with E-state index in [0.717, 1.165) is 56.9 Å². The van der Waals surface area contributed by atoms with Crippen molar-refractivity contribution < 1.29 is 24.0 Å². The number of nitrogens with two attached hydrogens (primary N) is 4. The van der Waals surface area contributed by atoms with Crippen LogP contribution in [0.2, 0.25) is 0 Å². The van der Waals surface area contributed by atoms with Crippen molar-refractivity contribution in [3.8, 4) is 0 Å². The predicted octanol–water partition coefficient (Wildman–Crippen LogP) is 2.60. The van der Waals surface area contributed by atoms with Crippen LogP contribution in [0.3, 0.4) is 0 Å². The van der Waals surface area contributed by atoms with Crippen molar-refractivity contribution >= 4 is 29.7 Å². The molecular weight excluding hydrogens is 620 g/mol. The number of benzene rings is 1. The van der Waals surface area contributed by atoms with E-state index in [9.17, 15) is 24.0 Å². The highest BCUT2D eigenvalue weighted by molar-refractivity contribution is 6.11. The molecule has 6 atom stereocenters. The van der Waals surface area contributed by atoms with E-state index >= 15 is 0 Å². The average molecular weight is 680 g/mol. The summed E-state index contributed by atoms with van der Waals surface area (Å²) in [6, 6.07) is 5.78. The minimum absolute atomic E-state index is 0.280. The fraction of sp³-hybridized carbons (Fsp3) is 0.711. The monoisotopic (exact) mass is 679 g/mol. The molecule has 0 aromatic heterocycles. The van der Waals surface area contributed by atoms with Gasteiger partial charge >= 0.3 is 0 Å². The number of rotatable bonds is 18. The molecule has 4 rings (SSSR count). The number of amides is 2. The summed E-state index contributed by atoms with van der Waals surface area (Å²) in [4.78, 5) is 70.6. The van der Waals surface area contributed by atoms with Gasteiger partial charge in [0.25, 0.3) is 0 Å². The Labute approximate surface area is 292 Å². The van der Waals surface area contributed by atoms with Crippen LogP contribution in [0.15, 0.2) is 30.3 Å². The fourth-order valence-electron chi connectivity index (χ4n) is 8.48. The number of hydrogen-bond donors (Lipinski definition) is 5. The highest BCUT2D eigenvalue weighted by Gasteiger charge is 2.54. The first-order valence-corrected chi connectivity index (χ1v) is 18.7. The van der Waals surface area contributed by atoms with E-state index in [2.05, 4.69) is 5.32 Å². The second-order valence-electron chi connectivity index (χ2n) is 14.8. The lowest BCUT2D eigenvalue weighted by atomic mass is 9.65. The second kappa shape index (κ2) is 18.8. The zero-order chi connectivity index (χ0) is 35.4. The summed E-state index contributed by atoms with van der Waals surface area (Å²) >= 11 is 0. The Hall–Kier alpha value is -2.99. The number of ketones is 2. The third-order valence-electron chi connectivity index (χ3n) is 11.2. The van der Waals surface area contributed by atoms with Gasteiger partial charge in [-0.25, -0.2) is 0 Å². The number of hydrogen-bond acceptors (Lipinski definition) is 9. The first kappa shape index (κ1) is 38.8. The molecule has 0 spiro atoms. The van der Waals surface area contributed by atoms with Gasteiger partial charge < -0.3 is 33.2 Å². The fourth-order valence-corrected chi connectivity index (χ4v) is 8.48. The van der Waals surface area contributed by atoms with Gasteiger partial charge in [-0.15, -0.1) is 0 Å². The topological polar surface area (TPSA) is 205 Å². The molecule has 11 nitrogen and oxygen atoms in total. The molecule has 49 heavy (non-hydrogen) atoms. The molecule has 3 aliphatic rings. The molecular formula is C38H59N6O5. The Balaban J connectivity index is 1.56. The molecule has 9 N–H and O–H groups in total. The highest BCUT2D eigenvalue weighted by atomic mass is 16.2. The molecule has 1 unspecified atom stereocenters. The lowest BCUT2D eigenvalue weighted by Crippen LogP contribution is -2.66. The third kappa shape index (κ3) is 10.1. The molecule has 1 aliphatic heterocycles. The van der Waals surface area contributed by atoms with Crippen LogP contribution in [-0.2, 0) is 30.4 Å². The van der Waals surface area contributed by atoms with E-state index in [1.807, 2.05) is 36.6 Å². The van der Waals surface area contributed by atoms with Gasteiger partial charge in [-0.2, -0.15) is 0 Å². The summed E-state index contributed by atoms with van der Waals surface area (Å²) in [6.45, 7) is 0.747. The van der Waals surface area contributed by atoms with E-state index in [1.54, 1.807) is 0 Å². The summed E-state index contributed by atoms with van der Waals surface area (Å²) in [5.41, 5.74) is 23.9. The van der Waals surface area contributed by atoms with E-state index < -0.39 is 47.3 Å². The van der Waals surface area contributed by atoms with Crippen molar-refractivity contribution in [1.82, 2.24) is 10.2 Å². The molecule has 2 amide bonds. The van der Waals surface area contributed by atoms with Crippen molar-refractivity contribution in [2.24, 2.45) is 40.7 Å². The maximum absolute atomic E-state index is 14.7. The Morgan fingerprint density at radius 3 is 2.16 bits per heavy atom. The number of carbonyl (C=O) groups is 4.